The van der Waals surface area contributed by atoms with Crippen LogP contribution in [-0.2, 0) is 11.2 Å². The van der Waals surface area contributed by atoms with Crippen LogP contribution in [0.1, 0.15) is 12.5 Å². The molecule has 0 radical (unpaired) electrons. The lowest BCUT2D eigenvalue weighted by Crippen LogP contribution is -2.16. The molecular weight excluding hydrogens is 284 g/mol. The van der Waals surface area contributed by atoms with Crippen molar-refractivity contribution in [3.05, 3.63) is 78.4 Å². The highest BCUT2D eigenvalue weighted by atomic mass is 16.5. The maximum absolute atomic E-state index is 5.89. The molecule has 0 saturated carbocycles. The van der Waals surface area contributed by atoms with Crippen LogP contribution < -0.4 is 4.74 Å². The zero-order valence-electron chi connectivity index (χ0n) is 13.4. The fourth-order valence-electron chi connectivity index (χ4n) is 2.73. The van der Waals surface area contributed by atoms with E-state index in [-0.39, 0.29) is 6.10 Å². The Labute approximate surface area is 137 Å². The van der Waals surface area contributed by atoms with Crippen LogP contribution in [0.3, 0.4) is 0 Å². The molecule has 2 nitrogen and oxygen atoms in total. The molecule has 0 aromatic heterocycles. The zero-order chi connectivity index (χ0) is 15.9. The van der Waals surface area contributed by atoms with Crippen molar-refractivity contribution in [2.45, 2.75) is 19.4 Å². The highest BCUT2D eigenvalue weighted by Crippen LogP contribution is 2.24. The number of hydrogen-bond acceptors (Lipinski definition) is 2. The summed E-state index contributed by atoms with van der Waals surface area (Å²) in [5.41, 5.74) is 1.30. The van der Waals surface area contributed by atoms with E-state index in [2.05, 4.69) is 49.4 Å². The first kappa shape index (κ1) is 15.6. The van der Waals surface area contributed by atoms with E-state index in [1.807, 2.05) is 30.3 Å². The largest absolute Gasteiger partial charge is 0.491 e. The van der Waals surface area contributed by atoms with Crippen LogP contribution >= 0.6 is 0 Å². The van der Waals surface area contributed by atoms with Gasteiger partial charge in [0.1, 0.15) is 12.4 Å². The minimum absolute atomic E-state index is 0.188. The first-order valence-corrected chi connectivity index (χ1v) is 8.09. The maximum atomic E-state index is 5.89. The molecule has 0 N–H and O–H groups in total. The van der Waals surface area contributed by atoms with Gasteiger partial charge in [0.25, 0.3) is 0 Å². The van der Waals surface area contributed by atoms with E-state index < -0.39 is 0 Å². The molecule has 0 saturated heterocycles. The number of benzene rings is 3. The molecule has 0 bridgehead atoms. The summed E-state index contributed by atoms with van der Waals surface area (Å²) in [7, 11) is 0. The summed E-state index contributed by atoms with van der Waals surface area (Å²) in [4.78, 5) is 0. The van der Waals surface area contributed by atoms with Crippen molar-refractivity contribution in [3.63, 3.8) is 0 Å². The molecular formula is C21H22O2. The van der Waals surface area contributed by atoms with E-state index in [1.165, 1.54) is 10.9 Å². The van der Waals surface area contributed by atoms with Crippen molar-refractivity contribution < 1.29 is 9.47 Å². The normalized spacial score (nSPS) is 12.2. The Kier molecular flexibility index (Phi) is 5.28. The van der Waals surface area contributed by atoms with Crippen molar-refractivity contribution in [2.75, 3.05) is 13.2 Å². The molecule has 3 aromatic rings. The Morgan fingerprint density at radius 2 is 1.52 bits per heavy atom. The lowest BCUT2D eigenvalue weighted by molar-refractivity contribution is 0.0452. The molecule has 0 amide bonds. The first-order chi connectivity index (χ1) is 11.3. The second kappa shape index (κ2) is 7.80. The van der Waals surface area contributed by atoms with Crippen LogP contribution in [-0.4, -0.2) is 19.3 Å². The highest BCUT2D eigenvalue weighted by Gasteiger charge is 2.05. The second-order valence-corrected chi connectivity index (χ2v) is 5.70. The van der Waals surface area contributed by atoms with Crippen LogP contribution in [0.4, 0.5) is 0 Å². The van der Waals surface area contributed by atoms with Crippen LogP contribution in [0.2, 0.25) is 0 Å². The molecule has 0 spiro atoms. The molecule has 0 heterocycles. The molecule has 0 aliphatic rings. The topological polar surface area (TPSA) is 18.5 Å². The van der Waals surface area contributed by atoms with Crippen LogP contribution in [0, 0.1) is 0 Å². The quantitative estimate of drug-likeness (QED) is 0.580. The zero-order valence-corrected chi connectivity index (χ0v) is 13.4. The third-order valence-electron chi connectivity index (χ3n) is 3.86. The van der Waals surface area contributed by atoms with Gasteiger partial charge in [-0.1, -0.05) is 66.7 Å². The van der Waals surface area contributed by atoms with E-state index in [0.29, 0.717) is 13.2 Å². The van der Waals surface area contributed by atoms with Gasteiger partial charge in [0.2, 0.25) is 0 Å². The van der Waals surface area contributed by atoms with Crippen LogP contribution in [0.25, 0.3) is 10.8 Å². The fraction of sp³-hybridized carbons (Fsp3) is 0.238. The van der Waals surface area contributed by atoms with Crippen molar-refractivity contribution in [3.8, 4) is 5.75 Å². The molecule has 118 valence electrons. The number of fused-ring (bicyclic) bond motifs is 1. The van der Waals surface area contributed by atoms with Crippen molar-refractivity contribution in [2.24, 2.45) is 0 Å². The standard InChI is InChI=1S/C21H22O2/c1-17(16-18-8-3-2-4-9-18)22-14-15-23-21-13-7-11-19-10-5-6-12-20(19)21/h2-13,17H,14-16H2,1H3. The average molecular weight is 306 g/mol. The summed E-state index contributed by atoms with van der Waals surface area (Å²) >= 11 is 0. The lowest BCUT2D eigenvalue weighted by atomic mass is 10.1. The molecule has 1 atom stereocenters. The summed E-state index contributed by atoms with van der Waals surface area (Å²) in [6.45, 7) is 3.26. The Morgan fingerprint density at radius 3 is 2.39 bits per heavy atom. The third kappa shape index (κ3) is 4.33. The second-order valence-electron chi connectivity index (χ2n) is 5.70. The predicted molar refractivity (Wildman–Crippen MR) is 95.0 cm³/mol. The third-order valence-corrected chi connectivity index (χ3v) is 3.86. The van der Waals surface area contributed by atoms with Crippen LogP contribution in [0.15, 0.2) is 72.8 Å². The van der Waals surface area contributed by atoms with Gasteiger partial charge in [-0.05, 0) is 30.4 Å². The molecule has 3 aromatic carbocycles. The van der Waals surface area contributed by atoms with Gasteiger partial charge in [-0.25, -0.2) is 0 Å². The Balaban J connectivity index is 1.48. The summed E-state index contributed by atoms with van der Waals surface area (Å²) in [6.07, 6.45) is 1.11. The van der Waals surface area contributed by atoms with Gasteiger partial charge in [0, 0.05) is 5.39 Å². The molecule has 2 heteroatoms. The minimum Gasteiger partial charge on any atom is -0.491 e. The van der Waals surface area contributed by atoms with Crippen LogP contribution in [0.5, 0.6) is 5.75 Å². The summed E-state index contributed by atoms with van der Waals surface area (Å²) in [5, 5.41) is 2.34. The van der Waals surface area contributed by atoms with Gasteiger partial charge < -0.3 is 9.47 Å². The van der Waals surface area contributed by atoms with Gasteiger partial charge in [-0.2, -0.15) is 0 Å². The molecule has 0 aliphatic heterocycles. The Bertz CT molecular complexity index is 732. The van der Waals surface area contributed by atoms with Gasteiger partial charge in [0.05, 0.1) is 12.7 Å². The molecule has 0 aliphatic carbocycles. The Morgan fingerprint density at radius 1 is 0.783 bits per heavy atom. The average Bonchev–Trinajstić information content (AvgIpc) is 2.60. The van der Waals surface area contributed by atoms with E-state index in [9.17, 15) is 0 Å². The number of hydrogen-bond donors (Lipinski definition) is 0. The molecule has 3 rings (SSSR count). The minimum atomic E-state index is 0.188. The smallest absolute Gasteiger partial charge is 0.127 e. The highest BCUT2D eigenvalue weighted by molar-refractivity contribution is 5.88. The summed E-state index contributed by atoms with van der Waals surface area (Å²) < 4.78 is 11.7. The Hall–Kier alpha value is -2.32. The van der Waals surface area contributed by atoms with E-state index >= 15 is 0 Å². The van der Waals surface area contributed by atoms with Crippen molar-refractivity contribution in [1.82, 2.24) is 0 Å². The first-order valence-electron chi connectivity index (χ1n) is 8.09. The lowest BCUT2D eigenvalue weighted by Gasteiger charge is -2.14. The monoisotopic (exact) mass is 306 g/mol. The van der Waals surface area contributed by atoms with E-state index in [1.54, 1.807) is 0 Å². The summed E-state index contributed by atoms with van der Waals surface area (Å²) in [5.74, 6) is 0.919. The number of rotatable bonds is 7. The molecule has 23 heavy (non-hydrogen) atoms. The maximum Gasteiger partial charge on any atom is 0.127 e. The van der Waals surface area contributed by atoms with Gasteiger partial charge >= 0.3 is 0 Å². The SMILES string of the molecule is CC(Cc1ccccc1)OCCOc1cccc2ccccc12. The van der Waals surface area contributed by atoms with E-state index in [0.717, 1.165) is 17.6 Å². The van der Waals surface area contributed by atoms with Gasteiger partial charge in [-0.15, -0.1) is 0 Å². The molecule has 0 fully saturated rings. The summed E-state index contributed by atoms with van der Waals surface area (Å²) in [6, 6.07) is 24.8. The number of ether oxygens (including phenoxy) is 2. The predicted octanol–water partition coefficient (Wildman–Crippen LogP) is 4.87. The molecule has 1 unspecified atom stereocenters. The van der Waals surface area contributed by atoms with Gasteiger partial charge in [-0.3, -0.25) is 0 Å². The fourth-order valence-corrected chi connectivity index (χ4v) is 2.73. The van der Waals surface area contributed by atoms with Crippen molar-refractivity contribution in [1.29, 1.82) is 0 Å². The van der Waals surface area contributed by atoms with Crippen molar-refractivity contribution >= 4 is 10.8 Å². The van der Waals surface area contributed by atoms with Gasteiger partial charge in [0.15, 0.2) is 0 Å². The van der Waals surface area contributed by atoms with E-state index in [4.69, 9.17) is 9.47 Å².